The number of ether oxygens (including phenoxy) is 15. The lowest BCUT2D eigenvalue weighted by atomic mass is 9.79. The second-order valence-corrected chi connectivity index (χ2v) is 27.8. The van der Waals surface area contributed by atoms with Crippen LogP contribution in [0.1, 0.15) is 137 Å². The van der Waals surface area contributed by atoms with E-state index in [-0.39, 0.29) is 110 Å². The number of aliphatic hydroxyl groups is 5. The molecule has 16 aliphatic heterocycles. The van der Waals surface area contributed by atoms with Crippen LogP contribution in [0.4, 0.5) is 0 Å². The Hall–Kier alpha value is -1.81. The molecular formula is C60H86O21. The van der Waals surface area contributed by atoms with Crippen LogP contribution in [0.3, 0.4) is 0 Å². The smallest absolute Gasteiger partial charge is 0.308 e. The van der Waals surface area contributed by atoms with Crippen LogP contribution < -0.4 is 0 Å². The van der Waals surface area contributed by atoms with E-state index in [0.29, 0.717) is 77.0 Å². The van der Waals surface area contributed by atoms with Crippen LogP contribution in [0.2, 0.25) is 0 Å². The van der Waals surface area contributed by atoms with Crippen LogP contribution in [0.15, 0.2) is 24.3 Å². The second-order valence-electron chi connectivity index (χ2n) is 27.8. The van der Waals surface area contributed by atoms with Crippen LogP contribution in [-0.4, -0.2) is 214 Å². The summed E-state index contributed by atoms with van der Waals surface area (Å²) in [5.41, 5.74) is 1.99. The summed E-state index contributed by atoms with van der Waals surface area (Å²) >= 11 is 0. The van der Waals surface area contributed by atoms with E-state index in [9.17, 15) is 30.3 Å². The normalized spacial score (nSPS) is 57.9. The van der Waals surface area contributed by atoms with Gasteiger partial charge in [0.05, 0.1) is 123 Å². The van der Waals surface area contributed by atoms with Gasteiger partial charge in [-0.2, -0.15) is 0 Å². The molecule has 452 valence electrons. The summed E-state index contributed by atoms with van der Waals surface area (Å²) in [6, 6.07) is 0. The highest BCUT2D eigenvalue weighted by atomic mass is 16.8. The first-order valence-corrected chi connectivity index (χ1v) is 31.0. The van der Waals surface area contributed by atoms with Crippen LogP contribution in [-0.2, 0) is 75.8 Å². The Morgan fingerprint density at radius 2 is 1.27 bits per heavy atom. The minimum absolute atomic E-state index is 0.0207. The second kappa shape index (κ2) is 20.4. The number of carbonyl (C=O) groups excluding carboxylic acids is 1. The average Bonchev–Trinajstić information content (AvgIpc) is 4.43. The van der Waals surface area contributed by atoms with Gasteiger partial charge in [-0.05, 0) is 73.8 Å². The van der Waals surface area contributed by atoms with Gasteiger partial charge in [-0.15, -0.1) is 0 Å². The standard InChI is InChI=1S/C60H86O21/c1-25-13-32-7-9-36-26(2)14-34(67-36)11-12-59-56(65)60(66)55(81-59)54-53(80-60)52(79-59)51-37(71-54)10-8-33(69-51)16-46(64)74-50-30(6)49-42(70-41(50)17-38(68-32)29(25)5)19-40-44(73-49)22-58(75-40)23-45-48(78-58)28(4)21-57(77-45)20-27(3)47-43(76-57)18-39(72-47)35(63)15-31(62)24-61/h25,27-28,30-45,47-56,61-63,65-66H,2,5,7-24H2,1,3-4,6H3/t25-,27+,28+,30+,31-,32+,33-,34+,35+,36+,37+,38-,39+,40-,41+,42+,43+,44-,45+,47+,48+,49+,50-,51+,52+,53+,54-,55-,56+,57-,58+,59-,60+/m1/s1. The molecule has 0 aromatic carbocycles. The highest BCUT2D eigenvalue weighted by molar-refractivity contribution is 5.70. The molecule has 16 aliphatic rings. The number of esters is 1. The van der Waals surface area contributed by atoms with Crippen molar-refractivity contribution in [2.75, 3.05) is 6.61 Å². The van der Waals surface area contributed by atoms with Crippen molar-refractivity contribution in [2.45, 2.75) is 313 Å². The van der Waals surface area contributed by atoms with E-state index < -0.39 is 121 Å². The molecule has 0 aromatic rings. The zero-order valence-corrected chi connectivity index (χ0v) is 47.2. The Balaban J connectivity index is 0.660. The first kappa shape index (κ1) is 55.7. The van der Waals surface area contributed by atoms with Gasteiger partial charge in [-0.1, -0.05) is 40.9 Å². The minimum atomic E-state index is -2.03. The van der Waals surface area contributed by atoms with Gasteiger partial charge in [-0.25, -0.2) is 0 Å². The Morgan fingerprint density at radius 1 is 0.568 bits per heavy atom. The van der Waals surface area contributed by atoms with E-state index in [1.165, 1.54) is 0 Å². The summed E-state index contributed by atoms with van der Waals surface area (Å²) in [5, 5.41) is 54.2. The molecule has 16 fully saturated rings. The van der Waals surface area contributed by atoms with E-state index in [0.717, 1.165) is 24.0 Å². The van der Waals surface area contributed by atoms with E-state index in [4.69, 9.17) is 71.1 Å². The quantitative estimate of drug-likeness (QED) is 0.200. The third-order valence-corrected chi connectivity index (χ3v) is 22.2. The molecule has 3 spiro atoms. The zero-order chi connectivity index (χ0) is 55.8. The Morgan fingerprint density at radius 3 is 2.10 bits per heavy atom. The molecule has 12 bridgehead atoms. The van der Waals surface area contributed by atoms with Gasteiger partial charge in [-0.3, -0.25) is 4.79 Å². The summed E-state index contributed by atoms with van der Waals surface area (Å²) in [4.78, 5) is 14.6. The molecule has 0 radical (unpaired) electrons. The summed E-state index contributed by atoms with van der Waals surface area (Å²) in [6.45, 7) is 17.2. The molecule has 81 heavy (non-hydrogen) atoms. The van der Waals surface area contributed by atoms with Crippen molar-refractivity contribution in [3.63, 3.8) is 0 Å². The Kier molecular flexibility index (Phi) is 14.0. The topological polar surface area (TPSA) is 257 Å². The third-order valence-electron chi connectivity index (χ3n) is 22.2. The molecule has 0 aromatic heterocycles. The maximum absolute atomic E-state index is 14.6. The van der Waals surface area contributed by atoms with Gasteiger partial charge < -0.3 is 96.6 Å². The number of hydrogen-bond donors (Lipinski definition) is 5. The molecular weight excluding hydrogens is 1060 g/mol. The van der Waals surface area contributed by atoms with Gasteiger partial charge in [0.15, 0.2) is 17.7 Å². The predicted molar refractivity (Wildman–Crippen MR) is 276 cm³/mol. The van der Waals surface area contributed by atoms with Gasteiger partial charge in [0.1, 0.15) is 36.6 Å². The molecule has 0 aliphatic carbocycles. The van der Waals surface area contributed by atoms with E-state index in [1.807, 2.05) is 0 Å². The van der Waals surface area contributed by atoms with Crippen molar-refractivity contribution in [1.29, 1.82) is 0 Å². The molecule has 16 heterocycles. The SMILES string of the molecule is C=C1C[C@@H]2CC[C@@]34O[C@@H]5[C@@H]6O[C@@](O)([C@H](O3)[C@@H]6O[C@H]3CC[C@H](CC(=O)O[C@@H]6[C@@H](C)[C@@H]7O[C@@H]8C[C@]9(C[C@@H]%10O[C@]%11(C[C@H](C)[C@@H]%12O[C@H]([C@@H](O)C[C@@H](O)CO)C[C@@H]%12O%11)C[C@H](C)[C@@H]%10O9)O[C@@H]8C[C@@H]7O[C@H]6C[C@H]6O[C@@H](CC[C@@H]1O2)C[C@@H](C)C6=C)O[C@H]53)[C@H]4O. The van der Waals surface area contributed by atoms with Crippen molar-refractivity contribution >= 4 is 5.97 Å². The van der Waals surface area contributed by atoms with E-state index >= 15 is 0 Å². The van der Waals surface area contributed by atoms with Crippen molar-refractivity contribution in [2.24, 2.45) is 23.7 Å². The first-order chi connectivity index (χ1) is 38.8. The number of carbonyl (C=O) groups is 1. The summed E-state index contributed by atoms with van der Waals surface area (Å²) in [5.74, 6) is -5.84. The Labute approximate surface area is 473 Å². The monoisotopic (exact) mass is 1140 g/mol. The Bertz CT molecular complexity index is 2430. The van der Waals surface area contributed by atoms with E-state index in [1.54, 1.807) is 0 Å². The van der Waals surface area contributed by atoms with Crippen molar-refractivity contribution < 1.29 is 101 Å². The fourth-order valence-corrected chi connectivity index (χ4v) is 18.2. The van der Waals surface area contributed by atoms with E-state index in [2.05, 4.69) is 40.9 Å². The van der Waals surface area contributed by atoms with Crippen LogP contribution in [0.5, 0.6) is 0 Å². The summed E-state index contributed by atoms with van der Waals surface area (Å²) < 4.78 is 102. The van der Waals surface area contributed by atoms with Crippen LogP contribution in [0, 0.1) is 23.7 Å². The molecule has 21 heteroatoms. The molecule has 33 atom stereocenters. The number of rotatable bonds is 4. The fraction of sp³-hybridized carbons (Fsp3) is 0.917. The highest BCUT2D eigenvalue weighted by Gasteiger charge is 2.79. The molecule has 16 saturated heterocycles. The van der Waals surface area contributed by atoms with Gasteiger partial charge in [0.25, 0.3) is 0 Å². The maximum atomic E-state index is 14.6. The summed E-state index contributed by atoms with van der Waals surface area (Å²) in [7, 11) is 0. The zero-order valence-electron chi connectivity index (χ0n) is 47.2. The van der Waals surface area contributed by atoms with Crippen molar-refractivity contribution in [1.82, 2.24) is 0 Å². The number of fused-ring (bicyclic) bond motifs is 10. The third kappa shape index (κ3) is 9.28. The van der Waals surface area contributed by atoms with Gasteiger partial charge >= 0.3 is 5.97 Å². The first-order valence-electron chi connectivity index (χ1n) is 31.0. The lowest BCUT2D eigenvalue weighted by molar-refractivity contribution is -0.347. The average molecular weight is 1140 g/mol. The largest absolute Gasteiger partial charge is 0.459 e. The van der Waals surface area contributed by atoms with Crippen LogP contribution in [0.25, 0.3) is 0 Å². The number of hydrogen-bond acceptors (Lipinski definition) is 21. The van der Waals surface area contributed by atoms with Crippen molar-refractivity contribution in [3.8, 4) is 0 Å². The molecule has 16 rings (SSSR count). The van der Waals surface area contributed by atoms with Gasteiger partial charge in [0.2, 0.25) is 11.6 Å². The minimum Gasteiger partial charge on any atom is -0.459 e. The molecule has 0 amide bonds. The number of aliphatic hydroxyl groups excluding tert-OH is 4. The molecule has 5 N–H and O–H groups in total. The molecule has 0 saturated carbocycles. The van der Waals surface area contributed by atoms with Crippen LogP contribution >= 0.6 is 0 Å². The predicted octanol–water partition coefficient (Wildman–Crippen LogP) is 3.22. The summed E-state index contributed by atoms with van der Waals surface area (Å²) in [6.07, 6.45) is -5.06. The lowest BCUT2D eigenvalue weighted by Crippen LogP contribution is -2.63. The lowest BCUT2D eigenvalue weighted by Gasteiger charge is -2.50. The van der Waals surface area contributed by atoms with Crippen molar-refractivity contribution in [3.05, 3.63) is 24.3 Å². The maximum Gasteiger partial charge on any atom is 0.308 e. The molecule has 21 nitrogen and oxygen atoms in total. The highest BCUT2D eigenvalue weighted by Crippen LogP contribution is 2.60. The molecule has 0 unspecified atom stereocenters. The fourth-order valence-electron chi connectivity index (χ4n) is 18.2. The van der Waals surface area contributed by atoms with Gasteiger partial charge in [0, 0.05) is 63.7 Å².